The van der Waals surface area contributed by atoms with Crippen LogP contribution in [0.2, 0.25) is 0 Å². The number of hydrogen-bond donors (Lipinski definition) is 4. The van der Waals surface area contributed by atoms with Crippen LogP contribution in [0.5, 0.6) is 11.5 Å². The van der Waals surface area contributed by atoms with Crippen molar-refractivity contribution < 1.29 is 23.8 Å². The van der Waals surface area contributed by atoms with Gasteiger partial charge in [0.05, 0.1) is 11.4 Å². The van der Waals surface area contributed by atoms with Crippen LogP contribution in [0.1, 0.15) is 11.1 Å². The van der Waals surface area contributed by atoms with Gasteiger partial charge in [0.2, 0.25) is 0 Å². The van der Waals surface area contributed by atoms with Crippen molar-refractivity contribution in [3.63, 3.8) is 0 Å². The molecule has 0 fully saturated rings. The summed E-state index contributed by atoms with van der Waals surface area (Å²) in [6.07, 6.45) is 0. The molecule has 0 spiro atoms. The fraction of sp³-hybridized carbons (Fsp3) is 0.143. The fourth-order valence-corrected chi connectivity index (χ4v) is 2.26. The lowest BCUT2D eigenvalue weighted by molar-refractivity contribution is 0.213. The van der Waals surface area contributed by atoms with Crippen LogP contribution < -0.4 is 11.5 Å². The van der Waals surface area contributed by atoms with Gasteiger partial charge in [0.1, 0.15) is 24.7 Å². The molecule has 0 saturated heterocycles. The maximum absolute atomic E-state index is 11.6. The lowest BCUT2D eigenvalue weighted by Gasteiger charge is -2.01. The first-order chi connectivity index (χ1) is 10.5. The zero-order valence-electron chi connectivity index (χ0n) is 11.6. The Bertz CT molecular complexity index is 635. The van der Waals surface area contributed by atoms with Crippen molar-refractivity contribution in [1.82, 2.24) is 0 Å². The zero-order valence-corrected chi connectivity index (χ0v) is 12.5. The number of phenols is 2. The van der Waals surface area contributed by atoms with E-state index < -0.39 is 8.25 Å². The number of nitrogens with two attached hydrogens (primary N) is 2. The van der Waals surface area contributed by atoms with Crippen LogP contribution in [0.4, 0.5) is 11.4 Å². The van der Waals surface area contributed by atoms with E-state index in [0.29, 0.717) is 11.1 Å². The minimum Gasteiger partial charge on any atom is -0.506 e. The average Bonchev–Trinajstić information content (AvgIpc) is 2.49. The molecule has 0 aliphatic heterocycles. The Labute approximate surface area is 128 Å². The summed E-state index contributed by atoms with van der Waals surface area (Å²) in [6.45, 7) is 0.0782. The first-order valence-electron chi connectivity index (χ1n) is 6.33. The number of anilines is 2. The minimum atomic E-state index is -2.32. The maximum atomic E-state index is 11.6. The van der Waals surface area contributed by atoms with E-state index >= 15 is 0 Å². The average molecular weight is 323 g/mol. The molecule has 0 aromatic heterocycles. The van der Waals surface area contributed by atoms with Gasteiger partial charge in [0.15, 0.2) is 0 Å². The van der Waals surface area contributed by atoms with E-state index in [4.69, 9.17) is 20.5 Å². The molecule has 0 radical (unpaired) electrons. The first kappa shape index (κ1) is 16.0. The highest BCUT2D eigenvalue weighted by molar-refractivity contribution is 7.33. The van der Waals surface area contributed by atoms with Gasteiger partial charge in [-0.2, -0.15) is 0 Å². The quantitative estimate of drug-likeness (QED) is 0.365. The maximum Gasteiger partial charge on any atom is 0.698 e. The molecule has 22 heavy (non-hydrogen) atoms. The number of nitrogen functional groups attached to an aromatic ring is 2. The SMILES string of the molecule is Nc1cc(CO[P+](=O)OCc2ccc(O)c(N)c2)ccc1O. The highest BCUT2D eigenvalue weighted by Crippen LogP contribution is 2.30. The summed E-state index contributed by atoms with van der Waals surface area (Å²) in [5.41, 5.74) is 12.9. The zero-order chi connectivity index (χ0) is 16.1. The summed E-state index contributed by atoms with van der Waals surface area (Å²) in [7, 11) is -2.32. The molecule has 2 aromatic rings. The van der Waals surface area contributed by atoms with E-state index in [0.717, 1.165) is 0 Å². The van der Waals surface area contributed by atoms with Crippen molar-refractivity contribution in [2.45, 2.75) is 13.2 Å². The second-order valence-corrected chi connectivity index (χ2v) is 5.52. The van der Waals surface area contributed by atoms with Crippen molar-refractivity contribution >= 4 is 19.6 Å². The van der Waals surface area contributed by atoms with E-state index in [2.05, 4.69) is 0 Å². The van der Waals surface area contributed by atoms with E-state index in [9.17, 15) is 14.8 Å². The molecule has 0 saturated carbocycles. The minimum absolute atomic E-state index is 0.0192. The number of phenolic OH excluding ortho intramolecular Hbond substituents is 2. The smallest absolute Gasteiger partial charge is 0.506 e. The van der Waals surface area contributed by atoms with Crippen LogP contribution in [-0.2, 0) is 26.8 Å². The Kier molecular flexibility index (Phi) is 5.16. The Balaban J connectivity index is 1.82. The topological polar surface area (TPSA) is 128 Å². The predicted octanol–water partition coefficient (Wildman–Crippen LogP) is 2.65. The standard InChI is InChI=1S/C14H15N2O5P/c15-11-5-9(1-3-13(11)17)7-20-22(19)21-8-10-2-4-14(18)12(16)6-10/h1-6H,7-8,15-16H2,(H-,17,18)/p+1. The third-order valence-corrected chi connectivity index (χ3v) is 3.54. The summed E-state index contributed by atoms with van der Waals surface area (Å²) in [5.74, 6) is -0.0383. The lowest BCUT2D eigenvalue weighted by atomic mass is 10.2. The van der Waals surface area contributed by atoms with E-state index in [1.165, 1.54) is 24.3 Å². The van der Waals surface area contributed by atoms with Crippen molar-refractivity contribution in [3.05, 3.63) is 47.5 Å². The Morgan fingerprint density at radius 2 is 1.27 bits per heavy atom. The van der Waals surface area contributed by atoms with Crippen LogP contribution in [0.15, 0.2) is 36.4 Å². The summed E-state index contributed by atoms with van der Waals surface area (Å²) in [4.78, 5) is 0. The third-order valence-electron chi connectivity index (χ3n) is 2.86. The largest absolute Gasteiger partial charge is 0.698 e. The third kappa shape index (κ3) is 4.33. The highest BCUT2D eigenvalue weighted by atomic mass is 31.1. The fourth-order valence-electron chi connectivity index (χ4n) is 1.68. The summed E-state index contributed by atoms with van der Waals surface area (Å²) in [6, 6.07) is 9.13. The Hall–Kier alpha value is -2.34. The molecule has 116 valence electrons. The van der Waals surface area contributed by atoms with Gasteiger partial charge in [-0.05, 0) is 35.4 Å². The van der Waals surface area contributed by atoms with Crippen molar-refractivity contribution in [2.75, 3.05) is 11.5 Å². The normalized spacial score (nSPS) is 10.5. The predicted molar refractivity (Wildman–Crippen MR) is 82.2 cm³/mol. The monoisotopic (exact) mass is 323 g/mol. The van der Waals surface area contributed by atoms with E-state index in [-0.39, 0.29) is 36.1 Å². The highest BCUT2D eigenvalue weighted by Gasteiger charge is 2.21. The van der Waals surface area contributed by atoms with Gasteiger partial charge in [-0.15, -0.1) is 9.05 Å². The molecule has 0 unspecified atom stereocenters. The van der Waals surface area contributed by atoms with Gasteiger partial charge in [-0.3, -0.25) is 0 Å². The van der Waals surface area contributed by atoms with Gasteiger partial charge in [-0.25, -0.2) is 0 Å². The van der Waals surface area contributed by atoms with Gasteiger partial charge in [0, 0.05) is 4.57 Å². The molecule has 2 rings (SSSR count). The van der Waals surface area contributed by atoms with Crippen molar-refractivity contribution in [3.8, 4) is 11.5 Å². The number of benzene rings is 2. The van der Waals surface area contributed by atoms with Crippen LogP contribution in [0.3, 0.4) is 0 Å². The van der Waals surface area contributed by atoms with E-state index in [1.807, 2.05) is 0 Å². The molecular formula is C14H16N2O5P+. The molecule has 0 atom stereocenters. The van der Waals surface area contributed by atoms with Crippen LogP contribution in [-0.4, -0.2) is 10.2 Å². The molecular weight excluding hydrogens is 307 g/mol. The number of rotatable bonds is 6. The van der Waals surface area contributed by atoms with Crippen molar-refractivity contribution in [1.29, 1.82) is 0 Å². The Morgan fingerprint density at radius 1 is 0.864 bits per heavy atom. The van der Waals surface area contributed by atoms with Gasteiger partial charge in [0.25, 0.3) is 0 Å². The van der Waals surface area contributed by atoms with Gasteiger partial charge in [-0.1, -0.05) is 12.1 Å². The van der Waals surface area contributed by atoms with Crippen LogP contribution in [0.25, 0.3) is 0 Å². The molecule has 0 aliphatic carbocycles. The molecule has 0 aliphatic rings. The molecule has 6 N–H and O–H groups in total. The van der Waals surface area contributed by atoms with Crippen LogP contribution in [0, 0.1) is 0 Å². The number of aromatic hydroxyl groups is 2. The number of hydrogen-bond acceptors (Lipinski definition) is 7. The molecule has 0 heterocycles. The molecule has 8 heteroatoms. The summed E-state index contributed by atoms with van der Waals surface area (Å²) in [5, 5.41) is 18.6. The summed E-state index contributed by atoms with van der Waals surface area (Å²) >= 11 is 0. The first-order valence-corrected chi connectivity index (χ1v) is 7.43. The summed E-state index contributed by atoms with van der Waals surface area (Å²) < 4.78 is 21.8. The van der Waals surface area contributed by atoms with Gasteiger partial charge >= 0.3 is 8.25 Å². The lowest BCUT2D eigenvalue weighted by Crippen LogP contribution is -1.93. The van der Waals surface area contributed by atoms with Gasteiger partial charge < -0.3 is 21.7 Å². The molecule has 0 amide bonds. The molecule has 2 aromatic carbocycles. The second-order valence-electron chi connectivity index (χ2n) is 4.56. The van der Waals surface area contributed by atoms with E-state index in [1.54, 1.807) is 12.1 Å². The Morgan fingerprint density at radius 3 is 1.64 bits per heavy atom. The van der Waals surface area contributed by atoms with Crippen molar-refractivity contribution in [2.24, 2.45) is 0 Å². The second kappa shape index (κ2) is 7.09. The molecule has 7 nitrogen and oxygen atoms in total. The van der Waals surface area contributed by atoms with Crippen LogP contribution >= 0.6 is 8.25 Å². The molecule has 0 bridgehead atoms.